The molecule has 1 fully saturated rings. The highest BCUT2D eigenvalue weighted by Gasteiger charge is 2.31. The number of para-hydroxylation sites is 2. The summed E-state index contributed by atoms with van der Waals surface area (Å²) in [5.74, 6) is 1.02. The van der Waals surface area contributed by atoms with E-state index in [0.717, 1.165) is 56.0 Å². The van der Waals surface area contributed by atoms with Gasteiger partial charge in [-0.15, -0.1) is 5.10 Å². The van der Waals surface area contributed by atoms with Crippen LogP contribution in [0.2, 0.25) is 0 Å². The molecule has 0 radical (unpaired) electrons. The van der Waals surface area contributed by atoms with Gasteiger partial charge in [0.2, 0.25) is 5.88 Å². The first kappa shape index (κ1) is 23.1. The van der Waals surface area contributed by atoms with Crippen LogP contribution in [-0.2, 0) is 16.1 Å². The van der Waals surface area contributed by atoms with Crippen molar-refractivity contribution in [2.45, 2.75) is 26.0 Å². The lowest BCUT2D eigenvalue weighted by Crippen LogP contribution is -2.47. The molecule has 0 unspecified atom stereocenters. The van der Waals surface area contributed by atoms with E-state index in [1.807, 2.05) is 59.3 Å². The molecular formula is C25H32N4O4. The predicted molar refractivity (Wildman–Crippen MR) is 127 cm³/mol. The Labute approximate surface area is 194 Å². The molecular weight excluding hydrogens is 420 g/mol. The van der Waals surface area contributed by atoms with Gasteiger partial charge in [0.15, 0.2) is 5.60 Å². The Balaban J connectivity index is 1.36. The van der Waals surface area contributed by atoms with E-state index >= 15 is 0 Å². The number of hydrogen-bond donors (Lipinski definition) is 1. The van der Waals surface area contributed by atoms with Crippen molar-refractivity contribution in [1.82, 2.24) is 20.0 Å². The van der Waals surface area contributed by atoms with Gasteiger partial charge in [-0.05, 0) is 38.1 Å². The van der Waals surface area contributed by atoms with Crippen LogP contribution < -0.4 is 14.8 Å². The molecule has 0 aliphatic carbocycles. The number of amides is 1. The normalized spacial score (nSPS) is 14.8. The molecule has 0 bridgehead atoms. The number of morpholine rings is 1. The van der Waals surface area contributed by atoms with E-state index in [9.17, 15) is 4.79 Å². The lowest BCUT2D eigenvalue weighted by Gasteiger charge is -2.26. The second-order valence-electron chi connectivity index (χ2n) is 8.53. The molecule has 33 heavy (non-hydrogen) atoms. The van der Waals surface area contributed by atoms with E-state index in [0.29, 0.717) is 19.0 Å². The highest BCUT2D eigenvalue weighted by atomic mass is 16.5. The summed E-state index contributed by atoms with van der Waals surface area (Å²) in [6.45, 7) is 9.31. The topological polar surface area (TPSA) is 77.8 Å². The van der Waals surface area contributed by atoms with Gasteiger partial charge < -0.3 is 19.5 Å². The first-order chi connectivity index (χ1) is 16.0. The number of nitrogens with one attached hydrogen (secondary N) is 1. The molecule has 0 spiro atoms. The van der Waals surface area contributed by atoms with E-state index in [2.05, 4.69) is 10.2 Å². The van der Waals surface area contributed by atoms with Gasteiger partial charge in [0.05, 0.1) is 37.2 Å². The molecule has 0 saturated carbocycles. The number of benzene rings is 2. The van der Waals surface area contributed by atoms with Crippen molar-refractivity contribution < 1.29 is 19.0 Å². The van der Waals surface area contributed by atoms with Gasteiger partial charge in [-0.2, -0.15) is 0 Å². The molecule has 1 aromatic heterocycles. The van der Waals surface area contributed by atoms with Gasteiger partial charge in [-0.25, -0.2) is 0 Å². The van der Waals surface area contributed by atoms with Gasteiger partial charge >= 0.3 is 0 Å². The average Bonchev–Trinajstić information content (AvgIpc) is 3.18. The Morgan fingerprint density at radius 2 is 1.79 bits per heavy atom. The van der Waals surface area contributed by atoms with E-state index in [1.165, 1.54) is 0 Å². The third-order valence-corrected chi connectivity index (χ3v) is 5.65. The van der Waals surface area contributed by atoms with Crippen LogP contribution in [0.15, 0.2) is 54.6 Å². The zero-order chi connectivity index (χ0) is 23.1. The van der Waals surface area contributed by atoms with Crippen LogP contribution in [0, 0.1) is 0 Å². The maximum absolute atomic E-state index is 12.8. The second kappa shape index (κ2) is 10.7. The second-order valence-corrected chi connectivity index (χ2v) is 8.53. The monoisotopic (exact) mass is 452 g/mol. The smallest absolute Gasteiger partial charge is 0.263 e. The van der Waals surface area contributed by atoms with Crippen molar-refractivity contribution in [3.8, 4) is 11.6 Å². The Morgan fingerprint density at radius 1 is 1.06 bits per heavy atom. The first-order valence-electron chi connectivity index (χ1n) is 11.4. The van der Waals surface area contributed by atoms with E-state index < -0.39 is 5.60 Å². The molecule has 1 amide bonds. The van der Waals surface area contributed by atoms with Gasteiger partial charge in [-0.1, -0.05) is 30.3 Å². The number of carbonyl (C=O) groups is 1. The SMILES string of the molecule is CC(C)(Oc1nn(CCN2CCOCC2)c2ccccc12)C(=O)NCCOc1ccccc1. The molecule has 8 nitrogen and oxygen atoms in total. The largest absolute Gasteiger partial charge is 0.492 e. The molecule has 0 atom stereocenters. The summed E-state index contributed by atoms with van der Waals surface area (Å²) in [4.78, 5) is 15.2. The molecule has 1 aliphatic heterocycles. The summed E-state index contributed by atoms with van der Waals surface area (Å²) < 4.78 is 19.2. The summed E-state index contributed by atoms with van der Waals surface area (Å²) in [6, 6.07) is 17.5. The Morgan fingerprint density at radius 3 is 2.58 bits per heavy atom. The number of aromatic nitrogens is 2. The number of ether oxygens (including phenoxy) is 3. The lowest BCUT2D eigenvalue weighted by atomic mass is 10.1. The average molecular weight is 453 g/mol. The van der Waals surface area contributed by atoms with Gasteiger partial charge in [0, 0.05) is 19.6 Å². The zero-order valence-electron chi connectivity index (χ0n) is 19.3. The van der Waals surface area contributed by atoms with Crippen molar-refractivity contribution in [1.29, 1.82) is 0 Å². The number of fused-ring (bicyclic) bond motifs is 1. The van der Waals surface area contributed by atoms with Crippen LogP contribution in [0.1, 0.15) is 13.8 Å². The Bertz CT molecular complexity index is 1050. The zero-order valence-corrected chi connectivity index (χ0v) is 19.3. The molecule has 3 aromatic rings. The first-order valence-corrected chi connectivity index (χ1v) is 11.4. The molecule has 1 saturated heterocycles. The highest BCUT2D eigenvalue weighted by Crippen LogP contribution is 2.28. The van der Waals surface area contributed by atoms with Crippen molar-refractivity contribution in [3.63, 3.8) is 0 Å². The molecule has 1 aliphatic rings. The fourth-order valence-corrected chi connectivity index (χ4v) is 3.75. The fraction of sp³-hybridized carbons (Fsp3) is 0.440. The summed E-state index contributed by atoms with van der Waals surface area (Å²) in [6.07, 6.45) is 0. The molecule has 2 heterocycles. The molecule has 4 rings (SSSR count). The minimum Gasteiger partial charge on any atom is -0.492 e. The number of carbonyl (C=O) groups excluding carboxylic acids is 1. The molecule has 1 N–H and O–H groups in total. The number of nitrogens with zero attached hydrogens (tertiary/aromatic N) is 3. The van der Waals surface area contributed by atoms with E-state index in [1.54, 1.807) is 13.8 Å². The Kier molecular flexibility index (Phi) is 7.47. The standard InChI is InChI=1S/C25H32N4O4/c1-25(2,24(30)26-12-17-32-20-8-4-3-5-9-20)33-23-21-10-6-7-11-22(21)29(27-23)14-13-28-15-18-31-19-16-28/h3-11H,12-19H2,1-2H3,(H,26,30). The molecule has 2 aromatic carbocycles. The third kappa shape index (κ3) is 6.03. The maximum atomic E-state index is 12.8. The van der Waals surface area contributed by atoms with Crippen LogP contribution in [0.4, 0.5) is 0 Å². The van der Waals surface area contributed by atoms with Crippen LogP contribution in [0.3, 0.4) is 0 Å². The van der Waals surface area contributed by atoms with Gasteiger partial charge in [0.1, 0.15) is 12.4 Å². The third-order valence-electron chi connectivity index (χ3n) is 5.65. The minimum absolute atomic E-state index is 0.217. The van der Waals surface area contributed by atoms with E-state index in [-0.39, 0.29) is 5.91 Å². The summed E-state index contributed by atoms with van der Waals surface area (Å²) >= 11 is 0. The highest BCUT2D eigenvalue weighted by molar-refractivity contribution is 5.87. The summed E-state index contributed by atoms with van der Waals surface area (Å²) in [5.41, 5.74) is -0.0907. The molecule has 176 valence electrons. The Hall–Kier alpha value is -3.10. The van der Waals surface area contributed by atoms with Crippen molar-refractivity contribution in [3.05, 3.63) is 54.6 Å². The van der Waals surface area contributed by atoms with E-state index in [4.69, 9.17) is 19.3 Å². The maximum Gasteiger partial charge on any atom is 0.263 e. The number of hydrogen-bond acceptors (Lipinski definition) is 6. The van der Waals surface area contributed by atoms with Gasteiger partial charge in [-0.3, -0.25) is 14.4 Å². The van der Waals surface area contributed by atoms with Crippen LogP contribution >= 0.6 is 0 Å². The fourth-order valence-electron chi connectivity index (χ4n) is 3.75. The summed E-state index contributed by atoms with van der Waals surface area (Å²) in [7, 11) is 0. The van der Waals surface area contributed by atoms with Crippen LogP contribution in [0.5, 0.6) is 11.6 Å². The van der Waals surface area contributed by atoms with Crippen molar-refractivity contribution in [2.75, 3.05) is 46.0 Å². The van der Waals surface area contributed by atoms with Crippen LogP contribution in [-0.4, -0.2) is 72.2 Å². The van der Waals surface area contributed by atoms with Crippen LogP contribution in [0.25, 0.3) is 10.9 Å². The van der Waals surface area contributed by atoms with Crippen molar-refractivity contribution in [2.24, 2.45) is 0 Å². The minimum atomic E-state index is -1.08. The number of rotatable bonds is 10. The quantitative estimate of drug-likeness (QED) is 0.477. The summed E-state index contributed by atoms with van der Waals surface area (Å²) in [5, 5.41) is 8.50. The van der Waals surface area contributed by atoms with Crippen molar-refractivity contribution >= 4 is 16.8 Å². The lowest BCUT2D eigenvalue weighted by molar-refractivity contribution is -0.134. The molecule has 8 heteroatoms. The van der Waals surface area contributed by atoms with Gasteiger partial charge in [0.25, 0.3) is 5.91 Å². The predicted octanol–water partition coefficient (Wildman–Crippen LogP) is 2.72.